The number of nitrogens with zero attached hydrogens (tertiary/aromatic N) is 3. The van der Waals surface area contributed by atoms with Gasteiger partial charge in [0.15, 0.2) is 5.82 Å². The Labute approximate surface area is 155 Å². The Morgan fingerprint density at radius 3 is 2.61 bits per heavy atom. The van der Waals surface area contributed by atoms with Crippen LogP contribution in [0.1, 0.15) is 30.3 Å². The number of carboxylic acid groups (broad SMARTS) is 1. The summed E-state index contributed by atoms with van der Waals surface area (Å²) < 4.78 is 37.0. The minimum Gasteiger partial charge on any atom is -0.475 e. The van der Waals surface area contributed by atoms with Crippen LogP contribution in [-0.4, -0.2) is 32.4 Å². The molecule has 1 saturated carbocycles. The molecule has 1 aliphatic rings. The Hall–Kier alpha value is -3.39. The number of rotatable bonds is 3. The lowest BCUT2D eigenvalue weighted by atomic mass is 10.1. The van der Waals surface area contributed by atoms with Crippen molar-refractivity contribution in [2.24, 2.45) is 11.7 Å². The maximum Gasteiger partial charge on any atom is 0.490 e. The first-order valence-electron chi connectivity index (χ1n) is 8.12. The van der Waals surface area contributed by atoms with Gasteiger partial charge >= 0.3 is 12.1 Å². The first kappa shape index (κ1) is 19.4. The molecule has 1 unspecified atom stereocenters. The van der Waals surface area contributed by atoms with Gasteiger partial charge in [0.25, 0.3) is 5.89 Å². The van der Waals surface area contributed by atoms with Gasteiger partial charge in [-0.2, -0.15) is 23.4 Å². The number of halogens is 3. The molecule has 3 aromatic rings. The largest absolute Gasteiger partial charge is 0.490 e. The van der Waals surface area contributed by atoms with Crippen molar-refractivity contribution in [3.05, 3.63) is 35.7 Å². The van der Waals surface area contributed by atoms with Crippen LogP contribution in [0.25, 0.3) is 22.5 Å². The highest BCUT2D eigenvalue weighted by Gasteiger charge is 2.38. The molecule has 4 rings (SSSR count). The van der Waals surface area contributed by atoms with Crippen LogP contribution < -0.4 is 5.73 Å². The summed E-state index contributed by atoms with van der Waals surface area (Å²) >= 11 is 0. The van der Waals surface area contributed by atoms with Crippen molar-refractivity contribution in [1.29, 1.82) is 5.26 Å². The lowest BCUT2D eigenvalue weighted by Gasteiger charge is -2.01. The third-order valence-electron chi connectivity index (χ3n) is 4.14. The van der Waals surface area contributed by atoms with E-state index in [2.05, 4.69) is 21.2 Å². The monoisotopic (exact) mass is 393 g/mol. The predicted octanol–water partition coefficient (Wildman–Crippen LogP) is 3.13. The van der Waals surface area contributed by atoms with E-state index in [1.165, 1.54) is 0 Å². The van der Waals surface area contributed by atoms with Gasteiger partial charge in [-0.05, 0) is 24.8 Å². The number of benzene rings is 1. The second-order valence-corrected chi connectivity index (χ2v) is 6.16. The number of nitrogens with one attached hydrogen (secondary N) is 1. The standard InChI is InChI=1S/C15H13N5O.C2HF3O2/c16-7-10-9-3-1-2-4-11(9)18-13(10)15-19-14(20-21-15)12(17)8-5-6-8;3-2(4,5)1(6)7/h1-4,8,12,18H,5-6,17H2;(H,6,7). The van der Waals surface area contributed by atoms with Crippen LogP contribution in [0.5, 0.6) is 0 Å². The number of aliphatic carboxylic acids is 1. The maximum atomic E-state index is 10.6. The minimum atomic E-state index is -5.08. The molecule has 8 nitrogen and oxygen atoms in total. The molecule has 28 heavy (non-hydrogen) atoms. The molecule has 0 aliphatic heterocycles. The summed E-state index contributed by atoms with van der Waals surface area (Å²) in [7, 11) is 0. The van der Waals surface area contributed by atoms with E-state index in [9.17, 15) is 18.4 Å². The van der Waals surface area contributed by atoms with Crippen LogP contribution in [0.15, 0.2) is 28.8 Å². The molecule has 11 heteroatoms. The molecule has 1 fully saturated rings. The fourth-order valence-electron chi connectivity index (χ4n) is 2.56. The molecule has 0 bridgehead atoms. The number of nitriles is 1. The number of nitrogens with two attached hydrogens (primary N) is 1. The SMILES string of the molecule is N#Cc1c(-c2nc(C(N)C3CC3)no2)[nH]c2ccccc12.O=C(O)C(F)(F)F. The van der Waals surface area contributed by atoms with Gasteiger partial charge in [0.1, 0.15) is 11.8 Å². The van der Waals surface area contributed by atoms with Crippen LogP contribution in [-0.2, 0) is 4.79 Å². The second-order valence-electron chi connectivity index (χ2n) is 6.16. The van der Waals surface area contributed by atoms with Crippen molar-refractivity contribution in [3.8, 4) is 17.7 Å². The first-order chi connectivity index (χ1) is 13.2. The van der Waals surface area contributed by atoms with E-state index in [-0.39, 0.29) is 6.04 Å². The van der Waals surface area contributed by atoms with Crippen molar-refractivity contribution >= 4 is 16.9 Å². The fourth-order valence-corrected chi connectivity index (χ4v) is 2.56. The van der Waals surface area contributed by atoms with Crippen molar-refractivity contribution in [1.82, 2.24) is 15.1 Å². The van der Waals surface area contributed by atoms with Gasteiger partial charge in [0, 0.05) is 10.9 Å². The number of aromatic nitrogens is 3. The Balaban J connectivity index is 0.000000279. The van der Waals surface area contributed by atoms with Gasteiger partial charge in [-0.15, -0.1) is 0 Å². The van der Waals surface area contributed by atoms with Gasteiger partial charge in [0.05, 0.1) is 11.6 Å². The minimum absolute atomic E-state index is 0.183. The van der Waals surface area contributed by atoms with Gasteiger partial charge in [-0.3, -0.25) is 0 Å². The van der Waals surface area contributed by atoms with Crippen molar-refractivity contribution in [2.45, 2.75) is 25.1 Å². The van der Waals surface area contributed by atoms with Crippen LogP contribution >= 0.6 is 0 Å². The van der Waals surface area contributed by atoms with E-state index in [4.69, 9.17) is 20.2 Å². The molecule has 0 amide bonds. The third-order valence-corrected chi connectivity index (χ3v) is 4.14. The summed E-state index contributed by atoms with van der Waals surface area (Å²) in [5.41, 5.74) is 8.02. The molecule has 0 radical (unpaired) electrons. The summed E-state index contributed by atoms with van der Waals surface area (Å²) in [6, 6.07) is 9.62. The first-order valence-corrected chi connectivity index (χ1v) is 8.12. The maximum absolute atomic E-state index is 10.6. The number of aromatic amines is 1. The van der Waals surface area contributed by atoms with E-state index < -0.39 is 12.1 Å². The zero-order valence-corrected chi connectivity index (χ0v) is 14.2. The number of H-pyrrole nitrogens is 1. The molecule has 0 saturated heterocycles. The van der Waals surface area contributed by atoms with Crippen molar-refractivity contribution < 1.29 is 27.6 Å². The average Bonchev–Trinajstić information content (AvgIpc) is 3.26. The Kier molecular flexibility index (Phi) is 5.06. The zero-order valence-electron chi connectivity index (χ0n) is 14.2. The summed E-state index contributed by atoms with van der Waals surface area (Å²) in [5.74, 6) is -1.48. The number of hydrogen-bond acceptors (Lipinski definition) is 6. The van der Waals surface area contributed by atoms with Crippen molar-refractivity contribution in [3.63, 3.8) is 0 Å². The molecule has 2 aromatic heterocycles. The highest BCUT2D eigenvalue weighted by molar-refractivity contribution is 5.92. The summed E-state index contributed by atoms with van der Waals surface area (Å²) in [4.78, 5) is 16.4. The quantitative estimate of drug-likeness (QED) is 0.620. The van der Waals surface area contributed by atoms with Crippen molar-refractivity contribution in [2.75, 3.05) is 0 Å². The lowest BCUT2D eigenvalue weighted by molar-refractivity contribution is -0.192. The molecule has 4 N–H and O–H groups in total. The summed E-state index contributed by atoms with van der Waals surface area (Å²) in [6.07, 6.45) is -2.86. The Bertz CT molecular complexity index is 1050. The molecule has 1 atom stereocenters. The van der Waals surface area contributed by atoms with Crippen LogP contribution in [0, 0.1) is 17.2 Å². The van der Waals surface area contributed by atoms with E-state index in [0.29, 0.717) is 28.9 Å². The van der Waals surface area contributed by atoms with E-state index >= 15 is 0 Å². The zero-order chi connectivity index (χ0) is 20.5. The second kappa shape index (κ2) is 7.32. The predicted molar refractivity (Wildman–Crippen MR) is 89.6 cm³/mol. The molecule has 146 valence electrons. The number of fused-ring (bicyclic) bond motifs is 1. The van der Waals surface area contributed by atoms with Crippen LogP contribution in [0.2, 0.25) is 0 Å². The smallest absolute Gasteiger partial charge is 0.475 e. The van der Waals surface area contributed by atoms with Gasteiger partial charge in [-0.1, -0.05) is 23.4 Å². The number of para-hydroxylation sites is 1. The number of hydrogen-bond donors (Lipinski definition) is 3. The van der Waals surface area contributed by atoms with Gasteiger partial charge in [-0.25, -0.2) is 4.79 Å². The number of carbonyl (C=O) groups is 1. The molecule has 2 heterocycles. The van der Waals surface area contributed by atoms with Crippen LogP contribution in [0.3, 0.4) is 0 Å². The molecule has 0 spiro atoms. The normalized spacial score (nSPS) is 14.8. The third kappa shape index (κ3) is 3.96. The molecule has 1 aromatic carbocycles. The van der Waals surface area contributed by atoms with Crippen LogP contribution in [0.4, 0.5) is 13.2 Å². The highest BCUT2D eigenvalue weighted by atomic mass is 19.4. The summed E-state index contributed by atoms with van der Waals surface area (Å²) in [6.45, 7) is 0. The average molecular weight is 393 g/mol. The Morgan fingerprint density at radius 2 is 2.04 bits per heavy atom. The van der Waals surface area contributed by atoms with Gasteiger partial charge in [0.2, 0.25) is 0 Å². The van der Waals surface area contributed by atoms with E-state index in [1.807, 2.05) is 24.3 Å². The summed E-state index contributed by atoms with van der Waals surface area (Å²) in [5, 5.41) is 21.3. The molecular formula is C17H14F3N5O3. The van der Waals surface area contributed by atoms with E-state index in [1.54, 1.807) is 0 Å². The highest BCUT2D eigenvalue weighted by Crippen LogP contribution is 2.39. The topological polar surface area (TPSA) is 142 Å². The molecular weight excluding hydrogens is 379 g/mol. The number of carboxylic acids is 1. The lowest BCUT2D eigenvalue weighted by Crippen LogP contribution is -2.21. The molecule has 1 aliphatic carbocycles. The Morgan fingerprint density at radius 1 is 1.39 bits per heavy atom. The number of alkyl halides is 3. The van der Waals surface area contributed by atoms with E-state index in [0.717, 1.165) is 23.7 Å². The fraction of sp³-hybridized carbons (Fsp3) is 0.294. The van der Waals surface area contributed by atoms with Gasteiger partial charge < -0.3 is 20.3 Å².